The minimum Gasteiger partial charge on any atom is -0.295 e. The topological polar surface area (TPSA) is 17.1 Å². The third-order valence-corrected chi connectivity index (χ3v) is 3.33. The van der Waals surface area contributed by atoms with E-state index < -0.39 is 0 Å². The van der Waals surface area contributed by atoms with E-state index in [1.807, 2.05) is 11.5 Å². The summed E-state index contributed by atoms with van der Waals surface area (Å²) in [6, 6.07) is 0. The lowest BCUT2D eigenvalue weighted by atomic mass is 9.92. The zero-order chi connectivity index (χ0) is 9.97. The average molecular weight is 204 g/mol. The van der Waals surface area contributed by atoms with Crippen LogP contribution in [0, 0.1) is 0 Å². The minimum absolute atomic E-state index is 0.140. The molecule has 1 heterocycles. The van der Waals surface area contributed by atoms with E-state index in [4.69, 9.17) is 0 Å². The monoisotopic (exact) mass is 204 g/mol. The Morgan fingerprint density at radius 3 is 3.21 bits per heavy atom. The Morgan fingerprint density at radius 1 is 1.57 bits per heavy atom. The normalized spacial score (nSPS) is 22.8. The molecule has 0 amide bonds. The van der Waals surface area contributed by atoms with Gasteiger partial charge in [0.1, 0.15) is 0 Å². The molecule has 0 bridgehead atoms. The lowest BCUT2D eigenvalue weighted by molar-refractivity contribution is -0.112. The van der Waals surface area contributed by atoms with Crippen LogP contribution in [0.3, 0.4) is 0 Å². The van der Waals surface area contributed by atoms with E-state index in [9.17, 15) is 4.79 Å². The third-order valence-electron chi connectivity index (χ3n) is 2.37. The molecule has 0 aromatic carbocycles. The van der Waals surface area contributed by atoms with Crippen molar-refractivity contribution in [3.63, 3.8) is 0 Å². The first-order valence-electron chi connectivity index (χ1n) is 4.79. The van der Waals surface area contributed by atoms with Crippen LogP contribution in [0.5, 0.6) is 0 Å². The van der Waals surface area contributed by atoms with Crippen molar-refractivity contribution in [3.8, 4) is 0 Å². The highest BCUT2D eigenvalue weighted by atomic mass is 32.2. The lowest BCUT2D eigenvalue weighted by Crippen LogP contribution is -2.02. The highest BCUT2D eigenvalue weighted by Crippen LogP contribution is 2.38. The highest BCUT2D eigenvalue weighted by molar-refractivity contribution is 8.05. The van der Waals surface area contributed by atoms with Gasteiger partial charge in [0.15, 0.2) is 5.78 Å². The van der Waals surface area contributed by atoms with E-state index >= 15 is 0 Å². The Kier molecular flexibility index (Phi) is 2.76. The number of thioether (sulfide) groups is 1. The van der Waals surface area contributed by atoms with Crippen LogP contribution < -0.4 is 0 Å². The second kappa shape index (κ2) is 4.04. The molecule has 0 saturated carbocycles. The number of hydrogen-bond acceptors (Lipinski definition) is 2. The molecule has 1 aliphatic carbocycles. The van der Waals surface area contributed by atoms with Crippen molar-refractivity contribution in [2.75, 3.05) is 0 Å². The number of allylic oxidation sites excluding steroid dienone is 5. The van der Waals surface area contributed by atoms with Gasteiger partial charge in [0, 0.05) is 5.41 Å². The van der Waals surface area contributed by atoms with Crippen molar-refractivity contribution >= 4 is 17.5 Å². The van der Waals surface area contributed by atoms with Gasteiger partial charge in [-0.2, -0.15) is 0 Å². The molecular weight excluding hydrogens is 192 g/mol. The first kappa shape index (κ1) is 9.57. The fraction of sp³-hybridized carbons (Fsp3) is 0.333. The molecule has 0 radical (unpaired) electrons. The smallest absolute Gasteiger partial charge is 0.152 e. The Hall–Kier alpha value is -0.980. The van der Waals surface area contributed by atoms with Crippen molar-refractivity contribution in [2.45, 2.75) is 26.2 Å². The van der Waals surface area contributed by atoms with Crippen LogP contribution in [-0.4, -0.2) is 5.78 Å². The van der Waals surface area contributed by atoms with Gasteiger partial charge in [0.2, 0.25) is 0 Å². The van der Waals surface area contributed by atoms with Crippen LogP contribution in [0.1, 0.15) is 26.2 Å². The van der Waals surface area contributed by atoms with Gasteiger partial charge in [0.25, 0.3) is 0 Å². The maximum absolute atomic E-state index is 11.0. The molecule has 14 heavy (non-hydrogen) atoms. The number of hydrogen-bond donors (Lipinski definition) is 0. The molecule has 0 N–H and O–H groups in total. The van der Waals surface area contributed by atoms with Gasteiger partial charge >= 0.3 is 0 Å². The molecule has 2 rings (SSSR count). The molecule has 0 spiro atoms. The summed E-state index contributed by atoms with van der Waals surface area (Å²) in [5.41, 5.74) is 5.51. The van der Waals surface area contributed by atoms with Crippen molar-refractivity contribution < 1.29 is 4.79 Å². The Bertz CT molecular complexity index is 393. The molecule has 2 heteroatoms. The summed E-state index contributed by atoms with van der Waals surface area (Å²) >= 11 is 1.74. The summed E-state index contributed by atoms with van der Waals surface area (Å²) in [7, 11) is 0. The number of carbonyl (C=O) groups is 1. The van der Waals surface area contributed by atoms with E-state index in [0.29, 0.717) is 0 Å². The third kappa shape index (κ3) is 1.92. The molecule has 1 aliphatic heterocycles. The molecule has 72 valence electrons. The van der Waals surface area contributed by atoms with Crippen molar-refractivity contribution in [3.05, 3.63) is 39.3 Å². The molecule has 0 unspecified atom stereocenters. The molecule has 1 nitrogen and oxygen atoms in total. The van der Waals surface area contributed by atoms with Crippen LogP contribution in [0.2, 0.25) is 0 Å². The van der Waals surface area contributed by atoms with E-state index in [1.54, 1.807) is 24.8 Å². The van der Waals surface area contributed by atoms with Crippen LogP contribution in [0.15, 0.2) is 39.3 Å². The lowest BCUT2D eigenvalue weighted by Gasteiger charge is -2.20. The van der Waals surface area contributed by atoms with Gasteiger partial charge in [-0.25, -0.2) is 0 Å². The Balaban J connectivity index is 2.40. The predicted molar refractivity (Wildman–Crippen MR) is 59.9 cm³/mol. The van der Waals surface area contributed by atoms with E-state index in [-0.39, 0.29) is 5.78 Å². The minimum atomic E-state index is 0.140. The molecule has 2 aliphatic rings. The van der Waals surface area contributed by atoms with Gasteiger partial charge in [-0.05, 0) is 54.4 Å². The van der Waals surface area contributed by atoms with Gasteiger partial charge in [-0.1, -0.05) is 11.8 Å². The zero-order valence-electron chi connectivity index (χ0n) is 8.17. The molecular formula is C12H12OS. The standard InChI is InChI=1S/C12H12OS/c1-9(13)8-10-4-2-6-12-11(10)5-3-7-14-12/h5,7-8H,2,4,6H2,1H3/b10-8+. The maximum Gasteiger partial charge on any atom is 0.152 e. The first-order valence-corrected chi connectivity index (χ1v) is 5.67. The molecule has 0 aromatic rings. The number of carbonyl (C=O) groups excluding carboxylic acids is 1. The number of ketones is 1. The van der Waals surface area contributed by atoms with E-state index in [1.165, 1.54) is 16.1 Å². The Labute approximate surface area is 88.3 Å². The van der Waals surface area contributed by atoms with Crippen molar-refractivity contribution in [1.82, 2.24) is 0 Å². The van der Waals surface area contributed by atoms with E-state index in [0.717, 1.165) is 19.3 Å². The van der Waals surface area contributed by atoms with Crippen LogP contribution in [0.25, 0.3) is 0 Å². The largest absolute Gasteiger partial charge is 0.295 e. The Morgan fingerprint density at radius 2 is 2.43 bits per heavy atom. The van der Waals surface area contributed by atoms with Gasteiger partial charge < -0.3 is 0 Å². The van der Waals surface area contributed by atoms with Crippen LogP contribution in [-0.2, 0) is 4.79 Å². The second-order valence-corrected chi connectivity index (χ2v) is 4.48. The quantitative estimate of drug-likeness (QED) is 0.481. The zero-order valence-corrected chi connectivity index (χ0v) is 8.99. The SMILES string of the molecule is CC(=O)/C=C1\CCCC2=C1C=C=CS2. The summed E-state index contributed by atoms with van der Waals surface area (Å²) in [4.78, 5) is 12.4. The molecule has 0 saturated heterocycles. The van der Waals surface area contributed by atoms with Crippen LogP contribution in [0.4, 0.5) is 0 Å². The van der Waals surface area contributed by atoms with Gasteiger partial charge in [0.05, 0.1) is 0 Å². The predicted octanol–water partition coefficient (Wildman–Crippen LogP) is 3.36. The molecule has 0 atom stereocenters. The second-order valence-electron chi connectivity index (χ2n) is 3.52. The summed E-state index contributed by atoms with van der Waals surface area (Å²) in [6.45, 7) is 1.61. The summed E-state index contributed by atoms with van der Waals surface area (Å²) in [5.74, 6) is 0.140. The molecule has 0 aromatic heterocycles. The summed E-state index contributed by atoms with van der Waals surface area (Å²) in [5, 5.41) is 1.98. The average Bonchev–Trinajstić information content (AvgIpc) is 2.18. The van der Waals surface area contributed by atoms with Crippen LogP contribution >= 0.6 is 11.8 Å². The summed E-state index contributed by atoms with van der Waals surface area (Å²) in [6.07, 6.45) is 7.09. The van der Waals surface area contributed by atoms with Crippen molar-refractivity contribution in [1.29, 1.82) is 0 Å². The van der Waals surface area contributed by atoms with E-state index in [2.05, 4.69) is 5.73 Å². The highest BCUT2D eigenvalue weighted by Gasteiger charge is 2.17. The number of rotatable bonds is 1. The maximum atomic E-state index is 11.0. The van der Waals surface area contributed by atoms with Crippen molar-refractivity contribution in [2.24, 2.45) is 0 Å². The fourth-order valence-corrected chi connectivity index (χ4v) is 2.66. The van der Waals surface area contributed by atoms with Gasteiger partial charge in [-0.3, -0.25) is 4.79 Å². The molecule has 0 fully saturated rings. The summed E-state index contributed by atoms with van der Waals surface area (Å²) < 4.78 is 0. The fourth-order valence-electron chi connectivity index (χ4n) is 1.80. The first-order chi connectivity index (χ1) is 6.77. The van der Waals surface area contributed by atoms with Gasteiger partial charge in [-0.15, -0.1) is 5.73 Å².